The molecule has 90 valence electrons. The Kier molecular flexibility index (Phi) is 3.93. The van der Waals surface area contributed by atoms with Gasteiger partial charge in [-0.1, -0.05) is 13.8 Å². The molecule has 1 fully saturated rings. The monoisotopic (exact) mass is 224 g/mol. The lowest BCUT2D eigenvalue weighted by Crippen LogP contribution is -2.47. The molecule has 0 aromatic carbocycles. The van der Waals surface area contributed by atoms with Gasteiger partial charge in [-0.15, -0.1) is 0 Å². The Morgan fingerprint density at radius 1 is 1.56 bits per heavy atom. The van der Waals surface area contributed by atoms with E-state index in [2.05, 4.69) is 11.4 Å². The lowest BCUT2D eigenvalue weighted by atomic mass is 9.69. The number of aliphatic hydroxyl groups excluding tert-OH is 1. The molecule has 4 nitrogen and oxygen atoms in total. The number of rotatable bonds is 5. The fourth-order valence-corrected chi connectivity index (χ4v) is 1.80. The zero-order valence-electron chi connectivity index (χ0n) is 10.0. The number of nitrogens with zero attached hydrogens (tertiary/aromatic N) is 1. The van der Waals surface area contributed by atoms with Gasteiger partial charge in [0.05, 0.1) is 6.07 Å². The summed E-state index contributed by atoms with van der Waals surface area (Å²) in [5, 5.41) is 20.7. The summed E-state index contributed by atoms with van der Waals surface area (Å²) in [7, 11) is 0. The van der Waals surface area contributed by atoms with Gasteiger partial charge in [0.25, 0.3) is 0 Å². The smallest absolute Gasteiger partial charge is 0.240 e. The molecule has 0 unspecified atom stereocenters. The fourth-order valence-electron chi connectivity index (χ4n) is 1.80. The number of nitrogens with one attached hydrogen (secondary N) is 1. The lowest BCUT2D eigenvalue weighted by molar-refractivity contribution is -0.132. The summed E-state index contributed by atoms with van der Waals surface area (Å²) < 4.78 is 0. The Hall–Kier alpha value is -1.08. The Morgan fingerprint density at radius 3 is 2.56 bits per heavy atom. The van der Waals surface area contributed by atoms with Crippen LogP contribution in [0.25, 0.3) is 0 Å². The van der Waals surface area contributed by atoms with E-state index in [4.69, 9.17) is 10.4 Å². The van der Waals surface area contributed by atoms with E-state index in [-0.39, 0.29) is 17.9 Å². The highest BCUT2D eigenvalue weighted by Crippen LogP contribution is 2.40. The van der Waals surface area contributed by atoms with Crippen LogP contribution in [0.3, 0.4) is 0 Å². The molecule has 1 saturated carbocycles. The second-order valence-electron chi connectivity index (χ2n) is 5.37. The Bertz CT molecular complexity index is 301. The van der Waals surface area contributed by atoms with Crippen molar-refractivity contribution in [2.75, 3.05) is 13.2 Å². The summed E-state index contributed by atoms with van der Waals surface area (Å²) >= 11 is 0. The highest BCUT2D eigenvalue weighted by atomic mass is 16.3. The molecular weight excluding hydrogens is 204 g/mol. The second-order valence-corrected chi connectivity index (χ2v) is 5.37. The van der Waals surface area contributed by atoms with E-state index in [9.17, 15) is 4.79 Å². The summed E-state index contributed by atoms with van der Waals surface area (Å²) in [4.78, 5) is 11.8. The first-order valence-corrected chi connectivity index (χ1v) is 5.76. The minimum absolute atomic E-state index is 0.117. The Balaban J connectivity index is 2.44. The van der Waals surface area contributed by atoms with Crippen LogP contribution >= 0.6 is 0 Å². The van der Waals surface area contributed by atoms with Crippen LogP contribution in [0, 0.1) is 22.2 Å². The number of hydrogen-bond donors (Lipinski definition) is 2. The van der Waals surface area contributed by atoms with Gasteiger partial charge >= 0.3 is 0 Å². The molecule has 1 amide bonds. The Labute approximate surface area is 96.6 Å². The summed E-state index contributed by atoms with van der Waals surface area (Å²) in [6.07, 6.45) is 2.96. The van der Waals surface area contributed by atoms with Crippen LogP contribution in [0.1, 0.15) is 39.5 Å². The van der Waals surface area contributed by atoms with Crippen LogP contribution in [0.5, 0.6) is 0 Å². The number of nitriles is 1. The van der Waals surface area contributed by atoms with Crippen LogP contribution in [-0.2, 0) is 4.79 Å². The van der Waals surface area contributed by atoms with E-state index in [1.165, 1.54) is 0 Å². The number of hydrogen-bond acceptors (Lipinski definition) is 3. The van der Waals surface area contributed by atoms with Crippen LogP contribution in [0.2, 0.25) is 0 Å². The van der Waals surface area contributed by atoms with Crippen molar-refractivity contribution in [2.45, 2.75) is 39.5 Å². The second kappa shape index (κ2) is 4.84. The summed E-state index contributed by atoms with van der Waals surface area (Å²) in [5.74, 6) is -0.146. The maximum Gasteiger partial charge on any atom is 0.240 e. The van der Waals surface area contributed by atoms with Gasteiger partial charge in [0.2, 0.25) is 5.91 Å². The van der Waals surface area contributed by atoms with Crippen molar-refractivity contribution in [1.82, 2.24) is 5.32 Å². The van der Waals surface area contributed by atoms with Gasteiger partial charge in [0, 0.05) is 13.2 Å². The number of carbonyl (C=O) groups is 1. The predicted octanol–water partition coefficient (Wildman–Crippen LogP) is 1.21. The van der Waals surface area contributed by atoms with Crippen LogP contribution in [0.15, 0.2) is 0 Å². The maximum atomic E-state index is 11.8. The quantitative estimate of drug-likeness (QED) is 0.737. The van der Waals surface area contributed by atoms with E-state index >= 15 is 0 Å². The molecule has 4 heteroatoms. The van der Waals surface area contributed by atoms with Crippen LogP contribution in [-0.4, -0.2) is 24.2 Å². The number of carbonyl (C=O) groups excluding carboxylic acids is 1. The third-order valence-corrected chi connectivity index (χ3v) is 3.37. The van der Waals surface area contributed by atoms with Crippen LogP contribution in [0.4, 0.5) is 0 Å². The highest BCUT2D eigenvalue weighted by Gasteiger charge is 2.44. The Morgan fingerprint density at radius 2 is 2.19 bits per heavy atom. The molecule has 16 heavy (non-hydrogen) atoms. The van der Waals surface area contributed by atoms with Crippen molar-refractivity contribution in [1.29, 1.82) is 5.26 Å². The molecule has 0 aromatic heterocycles. The summed E-state index contributed by atoms with van der Waals surface area (Å²) in [6.45, 7) is 4.61. The molecule has 0 radical (unpaired) electrons. The first-order chi connectivity index (χ1) is 7.46. The normalized spacial score (nSPS) is 18.4. The van der Waals surface area contributed by atoms with Crippen molar-refractivity contribution in [3.05, 3.63) is 0 Å². The van der Waals surface area contributed by atoms with Gasteiger partial charge in [0.1, 0.15) is 5.41 Å². The molecule has 1 rings (SSSR count). The van der Waals surface area contributed by atoms with Crippen molar-refractivity contribution < 1.29 is 9.90 Å². The van der Waals surface area contributed by atoms with Gasteiger partial charge < -0.3 is 10.4 Å². The van der Waals surface area contributed by atoms with E-state index in [1.54, 1.807) is 0 Å². The molecule has 2 N–H and O–H groups in total. The molecule has 0 aliphatic heterocycles. The van der Waals surface area contributed by atoms with E-state index < -0.39 is 5.41 Å². The molecule has 0 atom stereocenters. The molecule has 0 bridgehead atoms. The van der Waals surface area contributed by atoms with Crippen molar-refractivity contribution in [3.63, 3.8) is 0 Å². The minimum atomic E-state index is -0.769. The standard InChI is InChI=1S/C12H20N2O2/c1-11(2,6-7-15)9-14-10(16)12(8-13)4-3-5-12/h15H,3-7,9H2,1-2H3,(H,14,16). The lowest BCUT2D eigenvalue weighted by Gasteiger charge is -2.34. The average Bonchev–Trinajstić information content (AvgIpc) is 2.14. The first kappa shape index (κ1) is 13.0. The number of aliphatic hydroxyl groups is 1. The molecule has 0 aromatic rings. The molecule has 1 aliphatic rings. The molecule has 0 saturated heterocycles. The third-order valence-electron chi connectivity index (χ3n) is 3.37. The SMILES string of the molecule is CC(C)(CCO)CNC(=O)C1(C#N)CCC1. The minimum Gasteiger partial charge on any atom is -0.396 e. The van der Waals surface area contributed by atoms with Gasteiger partial charge in [-0.3, -0.25) is 4.79 Å². The zero-order valence-corrected chi connectivity index (χ0v) is 10.0. The third kappa shape index (κ3) is 2.73. The molecule has 1 aliphatic carbocycles. The molecule has 0 spiro atoms. The first-order valence-electron chi connectivity index (χ1n) is 5.76. The maximum absolute atomic E-state index is 11.8. The van der Waals surface area contributed by atoms with Crippen molar-refractivity contribution >= 4 is 5.91 Å². The number of amides is 1. The van der Waals surface area contributed by atoms with Crippen molar-refractivity contribution in [2.24, 2.45) is 10.8 Å². The van der Waals surface area contributed by atoms with Crippen molar-refractivity contribution in [3.8, 4) is 6.07 Å². The topological polar surface area (TPSA) is 73.1 Å². The molecule has 0 heterocycles. The fraction of sp³-hybridized carbons (Fsp3) is 0.833. The van der Waals surface area contributed by atoms with Gasteiger partial charge in [-0.05, 0) is 31.1 Å². The molecular formula is C12H20N2O2. The highest BCUT2D eigenvalue weighted by molar-refractivity contribution is 5.86. The zero-order chi connectivity index (χ0) is 12.2. The van der Waals surface area contributed by atoms with Gasteiger partial charge in [-0.2, -0.15) is 5.26 Å². The summed E-state index contributed by atoms with van der Waals surface area (Å²) in [5.41, 5.74) is -0.889. The largest absolute Gasteiger partial charge is 0.396 e. The van der Waals surface area contributed by atoms with E-state index in [0.29, 0.717) is 25.8 Å². The van der Waals surface area contributed by atoms with Gasteiger partial charge in [0.15, 0.2) is 0 Å². The van der Waals surface area contributed by atoms with E-state index in [0.717, 1.165) is 6.42 Å². The van der Waals surface area contributed by atoms with E-state index in [1.807, 2.05) is 13.8 Å². The van der Waals surface area contributed by atoms with Gasteiger partial charge in [-0.25, -0.2) is 0 Å². The average molecular weight is 224 g/mol. The predicted molar refractivity (Wildman–Crippen MR) is 60.4 cm³/mol. The van der Waals surface area contributed by atoms with Crippen LogP contribution < -0.4 is 5.32 Å². The summed E-state index contributed by atoms with van der Waals surface area (Å²) in [6, 6.07) is 2.12.